The molecule has 1 aliphatic rings. The van der Waals surface area contributed by atoms with E-state index in [4.69, 9.17) is 4.74 Å². The van der Waals surface area contributed by atoms with Gasteiger partial charge in [-0.25, -0.2) is 4.98 Å². The third-order valence-electron chi connectivity index (χ3n) is 4.09. The Labute approximate surface area is 133 Å². The second kappa shape index (κ2) is 6.18. The predicted octanol–water partition coefficient (Wildman–Crippen LogP) is 1.89. The molecule has 1 aliphatic heterocycles. The van der Waals surface area contributed by atoms with Crippen molar-refractivity contribution in [3.05, 3.63) is 33.5 Å². The zero-order valence-corrected chi connectivity index (χ0v) is 13.8. The van der Waals surface area contributed by atoms with Crippen LogP contribution in [0.1, 0.15) is 33.7 Å². The van der Waals surface area contributed by atoms with Crippen LogP contribution in [0.3, 0.4) is 0 Å². The van der Waals surface area contributed by atoms with Crippen molar-refractivity contribution in [2.75, 3.05) is 6.61 Å². The number of aromatic nitrogens is 3. The molecule has 0 bridgehead atoms. The summed E-state index contributed by atoms with van der Waals surface area (Å²) in [5, 5.41) is 8.16. The number of nitrogens with one attached hydrogen (secondary N) is 1. The first-order chi connectivity index (χ1) is 10.6. The van der Waals surface area contributed by atoms with Crippen LogP contribution in [0.15, 0.2) is 12.4 Å². The number of hydrogen-bond acceptors (Lipinski definition) is 5. The molecular formula is C15H20N4O2S. The van der Waals surface area contributed by atoms with Gasteiger partial charge in [0.1, 0.15) is 5.01 Å². The molecule has 0 unspecified atom stereocenters. The van der Waals surface area contributed by atoms with Crippen LogP contribution in [-0.4, -0.2) is 27.3 Å². The van der Waals surface area contributed by atoms with E-state index >= 15 is 0 Å². The maximum absolute atomic E-state index is 12.5. The number of nitrogens with zero attached hydrogens (tertiary/aromatic N) is 3. The van der Waals surface area contributed by atoms with Crippen LogP contribution in [0.5, 0.6) is 0 Å². The fourth-order valence-electron chi connectivity index (χ4n) is 2.74. The zero-order valence-electron chi connectivity index (χ0n) is 13.0. The Kier molecular flexibility index (Phi) is 4.26. The summed E-state index contributed by atoms with van der Waals surface area (Å²) in [4.78, 5) is 17.9. The molecule has 3 rings (SSSR count). The summed E-state index contributed by atoms with van der Waals surface area (Å²) in [6.07, 6.45) is 4.16. The number of hydrogen-bond donors (Lipinski definition) is 1. The minimum absolute atomic E-state index is 0.0265. The molecule has 0 aliphatic carbocycles. The molecular weight excluding hydrogens is 300 g/mol. The predicted molar refractivity (Wildman–Crippen MR) is 83.4 cm³/mol. The first-order valence-electron chi connectivity index (χ1n) is 7.35. The molecule has 1 amide bonds. The van der Waals surface area contributed by atoms with E-state index in [0.717, 1.165) is 27.6 Å². The van der Waals surface area contributed by atoms with Gasteiger partial charge in [0.25, 0.3) is 0 Å². The topological polar surface area (TPSA) is 69.0 Å². The summed E-state index contributed by atoms with van der Waals surface area (Å²) in [6, 6.07) is 0. The molecule has 0 spiro atoms. The van der Waals surface area contributed by atoms with Crippen molar-refractivity contribution in [3.63, 3.8) is 0 Å². The number of rotatable bonds is 4. The molecule has 2 aromatic rings. The molecule has 1 N–H and O–H groups in total. The monoisotopic (exact) mass is 320 g/mol. The van der Waals surface area contributed by atoms with Crippen LogP contribution in [0.4, 0.5) is 0 Å². The molecule has 22 heavy (non-hydrogen) atoms. The number of thiazole rings is 1. The normalized spacial score (nSPS) is 21.2. The highest BCUT2D eigenvalue weighted by atomic mass is 32.1. The molecule has 2 atom stereocenters. The third kappa shape index (κ3) is 2.91. The molecule has 1 fully saturated rings. The van der Waals surface area contributed by atoms with Gasteiger partial charge in [0.05, 0.1) is 24.8 Å². The molecule has 0 radical (unpaired) electrons. The molecule has 6 nitrogen and oxygen atoms in total. The first-order valence-corrected chi connectivity index (χ1v) is 8.17. The summed E-state index contributed by atoms with van der Waals surface area (Å²) < 4.78 is 7.61. The van der Waals surface area contributed by atoms with E-state index in [1.165, 1.54) is 0 Å². The Morgan fingerprint density at radius 2 is 2.32 bits per heavy atom. The maximum Gasteiger partial charge on any atom is 0.226 e. The minimum atomic E-state index is -0.202. The van der Waals surface area contributed by atoms with Crippen LogP contribution in [0.2, 0.25) is 0 Å². The van der Waals surface area contributed by atoms with Crippen molar-refractivity contribution in [3.8, 4) is 0 Å². The van der Waals surface area contributed by atoms with Crippen LogP contribution in [0, 0.1) is 19.8 Å². The Morgan fingerprint density at radius 1 is 1.50 bits per heavy atom. The zero-order chi connectivity index (χ0) is 15.7. The van der Waals surface area contributed by atoms with E-state index in [1.807, 2.05) is 31.8 Å². The molecule has 3 heterocycles. The second-order valence-corrected chi connectivity index (χ2v) is 6.90. The number of amides is 1. The highest BCUT2D eigenvalue weighted by Crippen LogP contribution is 2.36. The van der Waals surface area contributed by atoms with E-state index < -0.39 is 0 Å². The van der Waals surface area contributed by atoms with Gasteiger partial charge in [0.15, 0.2) is 0 Å². The van der Waals surface area contributed by atoms with Crippen molar-refractivity contribution < 1.29 is 9.53 Å². The summed E-state index contributed by atoms with van der Waals surface area (Å²) in [5.74, 6) is -0.137. The Morgan fingerprint density at radius 3 is 2.95 bits per heavy atom. The summed E-state index contributed by atoms with van der Waals surface area (Å²) in [7, 11) is 1.90. The van der Waals surface area contributed by atoms with E-state index in [9.17, 15) is 4.79 Å². The average molecular weight is 320 g/mol. The van der Waals surface area contributed by atoms with Crippen molar-refractivity contribution >= 4 is 17.2 Å². The number of carbonyl (C=O) groups excluding carboxylic acids is 1. The second-order valence-electron chi connectivity index (χ2n) is 5.58. The lowest BCUT2D eigenvalue weighted by Gasteiger charge is -2.17. The van der Waals surface area contributed by atoms with Gasteiger partial charge < -0.3 is 10.1 Å². The maximum atomic E-state index is 12.5. The number of ether oxygens (including phenoxy) is 1. The molecule has 0 aromatic carbocycles. The fourth-order valence-corrected chi connectivity index (χ4v) is 3.46. The summed E-state index contributed by atoms with van der Waals surface area (Å²) in [5.41, 5.74) is 2.05. The van der Waals surface area contributed by atoms with Crippen molar-refractivity contribution in [1.82, 2.24) is 20.1 Å². The van der Waals surface area contributed by atoms with Gasteiger partial charge in [-0.05, 0) is 20.3 Å². The Bertz CT molecular complexity index is 679. The minimum Gasteiger partial charge on any atom is -0.373 e. The van der Waals surface area contributed by atoms with Crippen LogP contribution < -0.4 is 5.32 Å². The van der Waals surface area contributed by atoms with E-state index in [0.29, 0.717) is 13.2 Å². The van der Waals surface area contributed by atoms with Crippen LogP contribution in [0.25, 0.3) is 0 Å². The first kappa shape index (κ1) is 15.2. The van der Waals surface area contributed by atoms with E-state index in [2.05, 4.69) is 15.4 Å². The van der Waals surface area contributed by atoms with Crippen LogP contribution in [-0.2, 0) is 23.1 Å². The number of aryl methyl sites for hydroxylation is 2. The molecule has 118 valence electrons. The lowest BCUT2D eigenvalue weighted by molar-refractivity contribution is -0.126. The van der Waals surface area contributed by atoms with Crippen molar-refractivity contribution in [1.29, 1.82) is 0 Å². The number of carbonyl (C=O) groups is 1. The standard InChI is InChI=1S/C15H20N4O2S/c1-9-6-16-13(22-9)8-17-15(20)11-4-5-21-14(11)12-7-18-19(3)10(12)2/h6-7,11,14H,4-5,8H2,1-3H3,(H,17,20)/t11-,14-/m0/s1. The fraction of sp³-hybridized carbons (Fsp3) is 0.533. The van der Waals surface area contributed by atoms with Gasteiger partial charge in [-0.3, -0.25) is 9.48 Å². The molecule has 0 saturated carbocycles. The quantitative estimate of drug-likeness (QED) is 0.934. The Balaban J connectivity index is 1.67. The Hall–Kier alpha value is -1.73. The van der Waals surface area contributed by atoms with Gasteiger partial charge in [-0.1, -0.05) is 0 Å². The summed E-state index contributed by atoms with van der Waals surface area (Å²) >= 11 is 1.60. The molecule has 7 heteroatoms. The van der Waals surface area contributed by atoms with Gasteiger partial charge >= 0.3 is 0 Å². The van der Waals surface area contributed by atoms with Crippen molar-refractivity contribution in [2.24, 2.45) is 13.0 Å². The highest BCUT2D eigenvalue weighted by Gasteiger charge is 2.36. The lowest BCUT2D eigenvalue weighted by Crippen LogP contribution is -2.32. The third-order valence-corrected chi connectivity index (χ3v) is 5.00. The van der Waals surface area contributed by atoms with Gasteiger partial charge in [0, 0.05) is 36.0 Å². The summed E-state index contributed by atoms with van der Waals surface area (Å²) in [6.45, 7) is 5.09. The lowest BCUT2D eigenvalue weighted by atomic mass is 9.95. The molecule has 1 saturated heterocycles. The van der Waals surface area contributed by atoms with Gasteiger partial charge in [0.2, 0.25) is 5.91 Å². The average Bonchev–Trinajstić information content (AvgIpc) is 3.19. The van der Waals surface area contributed by atoms with E-state index in [1.54, 1.807) is 17.5 Å². The molecule has 2 aromatic heterocycles. The van der Waals surface area contributed by atoms with Gasteiger partial charge in [-0.15, -0.1) is 11.3 Å². The van der Waals surface area contributed by atoms with Crippen molar-refractivity contribution in [2.45, 2.75) is 32.9 Å². The largest absolute Gasteiger partial charge is 0.373 e. The smallest absolute Gasteiger partial charge is 0.226 e. The highest BCUT2D eigenvalue weighted by molar-refractivity contribution is 7.11. The van der Waals surface area contributed by atoms with Crippen LogP contribution >= 0.6 is 11.3 Å². The van der Waals surface area contributed by atoms with E-state index in [-0.39, 0.29) is 17.9 Å². The van der Waals surface area contributed by atoms with Gasteiger partial charge in [-0.2, -0.15) is 5.10 Å². The SMILES string of the molecule is Cc1cnc(CNC(=O)[C@H]2CCO[C@@H]2c2cnn(C)c2C)s1.